The summed E-state index contributed by atoms with van der Waals surface area (Å²) in [4.78, 5) is 11.3. The number of carbonyl (C=O) groups excluding carboxylic acids is 1. The molecule has 0 bridgehead atoms. The Bertz CT molecular complexity index is 315. The van der Waals surface area contributed by atoms with Crippen LogP contribution >= 0.6 is 0 Å². The van der Waals surface area contributed by atoms with Crippen molar-refractivity contribution in [1.29, 1.82) is 0 Å². The molecule has 3 heteroatoms. The summed E-state index contributed by atoms with van der Waals surface area (Å²) in [6.07, 6.45) is -1.21. The van der Waals surface area contributed by atoms with Crippen molar-refractivity contribution >= 4 is 5.97 Å². The minimum Gasteiger partial charge on any atom is -0.464 e. The highest BCUT2D eigenvalue weighted by molar-refractivity contribution is 5.77. The van der Waals surface area contributed by atoms with Crippen molar-refractivity contribution in [2.75, 3.05) is 6.61 Å². The van der Waals surface area contributed by atoms with E-state index in [1.165, 1.54) is 0 Å². The fourth-order valence-electron chi connectivity index (χ4n) is 0.950. The standard InChI is InChI=1S/C13H22O3/c1-7-16-12(15)11(14)9(2)8-10(3)13(4,5)6/h11,14H,7H2,1-6H3/t8?,11-/m0/s1. The van der Waals surface area contributed by atoms with Gasteiger partial charge in [-0.3, -0.25) is 0 Å². The molecule has 1 atom stereocenters. The molecule has 0 aromatic heterocycles. The van der Waals surface area contributed by atoms with Gasteiger partial charge in [0.2, 0.25) is 0 Å². The third kappa shape index (κ3) is 4.65. The van der Waals surface area contributed by atoms with Crippen molar-refractivity contribution in [3.8, 4) is 0 Å². The summed E-state index contributed by atoms with van der Waals surface area (Å²) in [7, 11) is 0. The topological polar surface area (TPSA) is 46.5 Å². The molecule has 0 rings (SSSR count). The highest BCUT2D eigenvalue weighted by atomic mass is 16.5. The molecule has 0 fully saturated rings. The van der Waals surface area contributed by atoms with Gasteiger partial charge in [0.15, 0.2) is 6.10 Å². The van der Waals surface area contributed by atoms with Crippen LogP contribution in [0.3, 0.4) is 0 Å². The van der Waals surface area contributed by atoms with Crippen molar-refractivity contribution in [1.82, 2.24) is 0 Å². The van der Waals surface area contributed by atoms with Gasteiger partial charge in [-0.25, -0.2) is 4.79 Å². The Hall–Kier alpha value is -1.05. The Morgan fingerprint density at radius 1 is 1.38 bits per heavy atom. The Kier molecular flexibility index (Phi) is 5.49. The number of hydrogen-bond acceptors (Lipinski definition) is 3. The maximum atomic E-state index is 11.3. The molecule has 92 valence electrons. The van der Waals surface area contributed by atoms with Gasteiger partial charge in [-0.15, -0.1) is 5.73 Å². The largest absolute Gasteiger partial charge is 0.464 e. The summed E-state index contributed by atoms with van der Waals surface area (Å²) in [5.41, 5.74) is 4.51. The van der Waals surface area contributed by atoms with Gasteiger partial charge in [0.05, 0.1) is 6.61 Å². The van der Waals surface area contributed by atoms with Gasteiger partial charge in [0, 0.05) is 5.57 Å². The molecule has 0 aliphatic rings. The monoisotopic (exact) mass is 226 g/mol. The van der Waals surface area contributed by atoms with Gasteiger partial charge in [-0.2, -0.15) is 0 Å². The molecule has 0 unspecified atom stereocenters. The van der Waals surface area contributed by atoms with E-state index in [1.807, 2.05) is 6.92 Å². The zero-order chi connectivity index (χ0) is 12.9. The van der Waals surface area contributed by atoms with Crippen LogP contribution < -0.4 is 0 Å². The van der Waals surface area contributed by atoms with Crippen molar-refractivity contribution in [3.63, 3.8) is 0 Å². The lowest BCUT2D eigenvalue weighted by atomic mass is 9.87. The summed E-state index contributed by atoms with van der Waals surface area (Å²) < 4.78 is 4.73. The molecule has 1 N–H and O–H groups in total. The van der Waals surface area contributed by atoms with Crippen LogP contribution in [-0.4, -0.2) is 23.8 Å². The first-order valence-corrected chi connectivity index (χ1v) is 5.49. The molecule has 16 heavy (non-hydrogen) atoms. The summed E-state index contributed by atoms with van der Waals surface area (Å²) in [6.45, 7) is 11.8. The van der Waals surface area contributed by atoms with E-state index in [-0.39, 0.29) is 12.0 Å². The lowest BCUT2D eigenvalue weighted by Gasteiger charge is -2.17. The third-order valence-electron chi connectivity index (χ3n) is 2.43. The smallest absolute Gasteiger partial charge is 0.339 e. The molecule has 0 aromatic rings. The van der Waals surface area contributed by atoms with E-state index in [9.17, 15) is 9.90 Å². The average molecular weight is 226 g/mol. The average Bonchev–Trinajstić information content (AvgIpc) is 2.15. The zero-order valence-electron chi connectivity index (χ0n) is 11.0. The second kappa shape index (κ2) is 5.88. The molecule has 0 aromatic carbocycles. The van der Waals surface area contributed by atoms with Crippen molar-refractivity contribution in [2.45, 2.75) is 47.6 Å². The van der Waals surface area contributed by atoms with Gasteiger partial charge in [0.1, 0.15) is 0 Å². The van der Waals surface area contributed by atoms with Crippen LogP contribution in [0.15, 0.2) is 16.9 Å². The molecular weight excluding hydrogens is 204 g/mol. The summed E-state index contributed by atoms with van der Waals surface area (Å²) in [6, 6.07) is 0. The molecular formula is C13H22O3. The van der Waals surface area contributed by atoms with Crippen LogP contribution in [-0.2, 0) is 9.53 Å². The quantitative estimate of drug-likeness (QED) is 0.594. The van der Waals surface area contributed by atoms with E-state index >= 15 is 0 Å². The number of rotatable bonds is 3. The normalized spacial score (nSPS) is 12.7. The molecule has 0 saturated carbocycles. The maximum Gasteiger partial charge on any atom is 0.339 e. The Labute approximate surface area is 97.8 Å². The Morgan fingerprint density at radius 3 is 2.25 bits per heavy atom. The van der Waals surface area contributed by atoms with Crippen LogP contribution in [0.25, 0.3) is 0 Å². The minimum absolute atomic E-state index is 0.0182. The van der Waals surface area contributed by atoms with E-state index in [2.05, 4.69) is 26.5 Å². The molecule has 0 aliphatic heterocycles. The minimum atomic E-state index is -1.21. The molecule has 0 radical (unpaired) electrons. The maximum absolute atomic E-state index is 11.3. The Balaban J connectivity index is 4.98. The van der Waals surface area contributed by atoms with Gasteiger partial charge < -0.3 is 9.84 Å². The SMILES string of the molecule is CCOC(=O)[C@@H](O)C(C)=C=C(C)C(C)(C)C. The fraction of sp³-hybridized carbons (Fsp3) is 0.692. The predicted octanol–water partition coefficient (Wildman–Crippen LogP) is 2.45. The second-order valence-electron chi connectivity index (χ2n) is 4.84. The lowest BCUT2D eigenvalue weighted by molar-refractivity contribution is -0.150. The van der Waals surface area contributed by atoms with Crippen LogP contribution in [0.2, 0.25) is 0 Å². The van der Waals surface area contributed by atoms with Crippen molar-refractivity contribution < 1.29 is 14.6 Å². The summed E-state index contributed by atoms with van der Waals surface area (Å²) in [5, 5.41) is 9.64. The number of hydrogen-bond donors (Lipinski definition) is 1. The van der Waals surface area contributed by atoms with Crippen LogP contribution in [0, 0.1) is 5.41 Å². The number of esters is 1. The molecule has 0 heterocycles. The number of ether oxygens (including phenoxy) is 1. The molecule has 0 aliphatic carbocycles. The number of aliphatic hydroxyl groups is 1. The molecule has 3 nitrogen and oxygen atoms in total. The highest BCUT2D eigenvalue weighted by Gasteiger charge is 2.19. The van der Waals surface area contributed by atoms with E-state index in [4.69, 9.17) is 4.74 Å². The molecule has 0 amide bonds. The van der Waals surface area contributed by atoms with Gasteiger partial charge in [0.25, 0.3) is 0 Å². The second-order valence-corrected chi connectivity index (χ2v) is 4.84. The lowest BCUT2D eigenvalue weighted by Crippen LogP contribution is -2.24. The van der Waals surface area contributed by atoms with Gasteiger partial charge >= 0.3 is 5.97 Å². The molecule has 0 saturated heterocycles. The van der Waals surface area contributed by atoms with Crippen LogP contribution in [0.1, 0.15) is 41.5 Å². The summed E-state index contributed by atoms with van der Waals surface area (Å²) in [5.74, 6) is -0.616. The predicted molar refractivity (Wildman–Crippen MR) is 64.0 cm³/mol. The van der Waals surface area contributed by atoms with Gasteiger partial charge in [-0.05, 0) is 31.8 Å². The first-order chi connectivity index (χ1) is 7.20. The van der Waals surface area contributed by atoms with Crippen LogP contribution in [0.5, 0.6) is 0 Å². The van der Waals surface area contributed by atoms with E-state index < -0.39 is 12.1 Å². The van der Waals surface area contributed by atoms with E-state index in [1.54, 1.807) is 13.8 Å². The first kappa shape index (κ1) is 14.9. The van der Waals surface area contributed by atoms with Gasteiger partial charge in [-0.1, -0.05) is 20.8 Å². The molecule has 0 spiro atoms. The third-order valence-corrected chi connectivity index (χ3v) is 2.43. The summed E-state index contributed by atoms with van der Waals surface area (Å²) >= 11 is 0. The van der Waals surface area contributed by atoms with Crippen molar-refractivity contribution in [3.05, 3.63) is 16.9 Å². The van der Waals surface area contributed by atoms with E-state index in [0.29, 0.717) is 5.57 Å². The first-order valence-electron chi connectivity index (χ1n) is 5.49. The van der Waals surface area contributed by atoms with Crippen molar-refractivity contribution in [2.24, 2.45) is 5.41 Å². The Morgan fingerprint density at radius 2 is 1.88 bits per heavy atom. The fourth-order valence-corrected chi connectivity index (χ4v) is 0.950. The number of carbonyl (C=O) groups is 1. The van der Waals surface area contributed by atoms with Crippen LogP contribution in [0.4, 0.5) is 0 Å². The zero-order valence-corrected chi connectivity index (χ0v) is 11.0. The van der Waals surface area contributed by atoms with E-state index in [0.717, 1.165) is 5.57 Å². The highest BCUT2D eigenvalue weighted by Crippen LogP contribution is 2.23. The number of aliphatic hydroxyl groups excluding tert-OH is 1.